The lowest BCUT2D eigenvalue weighted by Crippen LogP contribution is -2.06. The largest absolute Gasteiger partial charge is 0.303 e. The van der Waals surface area contributed by atoms with Gasteiger partial charge >= 0.3 is 0 Å². The minimum Gasteiger partial charge on any atom is -0.303 e. The summed E-state index contributed by atoms with van der Waals surface area (Å²) in [5.74, 6) is 0.459. The van der Waals surface area contributed by atoms with Gasteiger partial charge in [0.15, 0.2) is 0 Å². The molecule has 0 aromatic heterocycles. The fourth-order valence-corrected chi connectivity index (χ4v) is 1.57. The standard InChI is InChI=1S/C15H20O/c1-13(2)15(12-16)11-7-6-10-14-8-4-3-5-9-14/h3-5,7-9,11-13,15H,6,10H2,1-2H3/b11-7+. The van der Waals surface area contributed by atoms with Crippen molar-refractivity contribution >= 4 is 6.29 Å². The molecule has 0 spiro atoms. The highest BCUT2D eigenvalue weighted by Crippen LogP contribution is 2.10. The summed E-state index contributed by atoms with van der Waals surface area (Å²) in [6, 6.07) is 10.4. The number of allylic oxidation sites excluding steroid dienone is 2. The molecule has 0 aliphatic heterocycles. The van der Waals surface area contributed by atoms with E-state index in [1.165, 1.54) is 5.56 Å². The third-order valence-electron chi connectivity index (χ3n) is 2.73. The van der Waals surface area contributed by atoms with Crippen LogP contribution in [-0.4, -0.2) is 6.29 Å². The smallest absolute Gasteiger partial charge is 0.127 e. The summed E-state index contributed by atoms with van der Waals surface area (Å²) in [5.41, 5.74) is 1.35. The summed E-state index contributed by atoms with van der Waals surface area (Å²) >= 11 is 0. The minimum absolute atomic E-state index is 0.0655. The number of carbonyl (C=O) groups is 1. The van der Waals surface area contributed by atoms with Crippen LogP contribution < -0.4 is 0 Å². The Morgan fingerprint density at radius 1 is 1.19 bits per heavy atom. The van der Waals surface area contributed by atoms with Gasteiger partial charge in [-0.25, -0.2) is 0 Å². The lowest BCUT2D eigenvalue weighted by molar-refractivity contribution is -0.110. The Labute approximate surface area is 98.2 Å². The summed E-state index contributed by atoms with van der Waals surface area (Å²) < 4.78 is 0. The number of hydrogen-bond donors (Lipinski definition) is 0. The van der Waals surface area contributed by atoms with Crippen LogP contribution >= 0.6 is 0 Å². The van der Waals surface area contributed by atoms with Crippen molar-refractivity contribution in [2.45, 2.75) is 26.7 Å². The molecule has 0 bridgehead atoms. The molecule has 0 heterocycles. The number of benzene rings is 1. The second-order valence-corrected chi connectivity index (χ2v) is 4.41. The van der Waals surface area contributed by atoms with Gasteiger partial charge in [-0.05, 0) is 24.3 Å². The topological polar surface area (TPSA) is 17.1 Å². The van der Waals surface area contributed by atoms with Crippen molar-refractivity contribution < 1.29 is 4.79 Å². The summed E-state index contributed by atoms with van der Waals surface area (Å²) in [7, 11) is 0. The molecule has 0 aliphatic rings. The van der Waals surface area contributed by atoms with Crippen LogP contribution in [0.2, 0.25) is 0 Å². The predicted octanol–water partition coefficient (Wildman–Crippen LogP) is 3.65. The zero-order chi connectivity index (χ0) is 11.8. The first-order valence-corrected chi connectivity index (χ1v) is 5.90. The zero-order valence-corrected chi connectivity index (χ0v) is 10.1. The van der Waals surface area contributed by atoms with Crippen LogP contribution in [0.15, 0.2) is 42.5 Å². The van der Waals surface area contributed by atoms with E-state index in [1.807, 2.05) is 12.1 Å². The maximum absolute atomic E-state index is 10.8. The molecule has 1 aromatic rings. The Balaban J connectivity index is 2.35. The molecule has 1 rings (SSSR count). The maximum atomic E-state index is 10.8. The van der Waals surface area contributed by atoms with E-state index in [0.717, 1.165) is 19.1 Å². The number of aldehydes is 1. The van der Waals surface area contributed by atoms with Gasteiger partial charge in [0.05, 0.1) is 0 Å². The van der Waals surface area contributed by atoms with Gasteiger partial charge in [0, 0.05) is 5.92 Å². The average Bonchev–Trinajstić information content (AvgIpc) is 2.30. The Hall–Kier alpha value is -1.37. The fourth-order valence-electron chi connectivity index (χ4n) is 1.57. The van der Waals surface area contributed by atoms with Crippen molar-refractivity contribution in [1.82, 2.24) is 0 Å². The molecular formula is C15H20O. The molecule has 16 heavy (non-hydrogen) atoms. The summed E-state index contributed by atoms with van der Waals surface area (Å²) in [6.45, 7) is 4.14. The van der Waals surface area contributed by atoms with Gasteiger partial charge in [0.25, 0.3) is 0 Å². The Morgan fingerprint density at radius 2 is 1.88 bits per heavy atom. The summed E-state index contributed by atoms with van der Waals surface area (Å²) in [5, 5.41) is 0. The summed E-state index contributed by atoms with van der Waals surface area (Å²) in [4.78, 5) is 10.8. The predicted molar refractivity (Wildman–Crippen MR) is 68.3 cm³/mol. The molecular weight excluding hydrogens is 196 g/mol. The highest BCUT2D eigenvalue weighted by atomic mass is 16.1. The highest BCUT2D eigenvalue weighted by Gasteiger charge is 2.06. The van der Waals surface area contributed by atoms with E-state index in [4.69, 9.17) is 0 Å². The molecule has 1 atom stereocenters. The van der Waals surface area contributed by atoms with Crippen LogP contribution in [0.5, 0.6) is 0 Å². The number of aryl methyl sites for hydroxylation is 1. The van der Waals surface area contributed by atoms with Crippen LogP contribution in [0.1, 0.15) is 25.8 Å². The van der Waals surface area contributed by atoms with E-state index in [9.17, 15) is 4.79 Å². The van der Waals surface area contributed by atoms with E-state index >= 15 is 0 Å². The molecule has 0 amide bonds. The van der Waals surface area contributed by atoms with Gasteiger partial charge in [-0.1, -0.05) is 56.3 Å². The van der Waals surface area contributed by atoms with Crippen LogP contribution in [0, 0.1) is 11.8 Å². The van der Waals surface area contributed by atoms with Gasteiger partial charge in [-0.15, -0.1) is 0 Å². The highest BCUT2D eigenvalue weighted by molar-refractivity contribution is 5.56. The SMILES string of the molecule is CC(C)C(C=O)/C=C/CCc1ccccc1. The monoisotopic (exact) mass is 216 g/mol. The van der Waals surface area contributed by atoms with E-state index in [1.54, 1.807) is 0 Å². The Kier molecular flexibility index (Phi) is 5.55. The molecule has 0 saturated heterocycles. The van der Waals surface area contributed by atoms with Crippen molar-refractivity contribution in [2.75, 3.05) is 0 Å². The first-order valence-electron chi connectivity index (χ1n) is 5.90. The van der Waals surface area contributed by atoms with Crippen LogP contribution in [-0.2, 0) is 11.2 Å². The van der Waals surface area contributed by atoms with Crippen molar-refractivity contribution in [3.8, 4) is 0 Å². The molecule has 1 aromatic carbocycles. The Morgan fingerprint density at radius 3 is 2.44 bits per heavy atom. The second kappa shape index (κ2) is 7.00. The number of rotatable bonds is 6. The van der Waals surface area contributed by atoms with Gasteiger partial charge in [-0.2, -0.15) is 0 Å². The van der Waals surface area contributed by atoms with Crippen molar-refractivity contribution in [1.29, 1.82) is 0 Å². The van der Waals surface area contributed by atoms with Crippen molar-refractivity contribution in [3.63, 3.8) is 0 Å². The van der Waals surface area contributed by atoms with E-state index in [-0.39, 0.29) is 5.92 Å². The number of hydrogen-bond acceptors (Lipinski definition) is 1. The Bertz CT molecular complexity index is 325. The zero-order valence-electron chi connectivity index (χ0n) is 10.1. The third kappa shape index (κ3) is 4.43. The van der Waals surface area contributed by atoms with Gasteiger partial charge in [-0.3, -0.25) is 0 Å². The average molecular weight is 216 g/mol. The van der Waals surface area contributed by atoms with E-state index in [2.05, 4.69) is 44.2 Å². The van der Waals surface area contributed by atoms with E-state index in [0.29, 0.717) is 5.92 Å². The van der Waals surface area contributed by atoms with Crippen molar-refractivity contribution in [3.05, 3.63) is 48.0 Å². The lowest BCUT2D eigenvalue weighted by Gasteiger charge is -2.08. The summed E-state index contributed by atoms with van der Waals surface area (Å²) in [6.07, 6.45) is 7.22. The van der Waals surface area contributed by atoms with Crippen LogP contribution in [0.25, 0.3) is 0 Å². The quantitative estimate of drug-likeness (QED) is 0.524. The number of carbonyl (C=O) groups excluding carboxylic acids is 1. The fraction of sp³-hybridized carbons (Fsp3) is 0.400. The molecule has 1 heteroatoms. The first-order chi connectivity index (χ1) is 7.74. The normalized spacial score (nSPS) is 13.2. The molecule has 1 nitrogen and oxygen atoms in total. The molecule has 1 unspecified atom stereocenters. The molecule has 0 fully saturated rings. The van der Waals surface area contributed by atoms with Crippen molar-refractivity contribution in [2.24, 2.45) is 11.8 Å². The second-order valence-electron chi connectivity index (χ2n) is 4.41. The lowest BCUT2D eigenvalue weighted by atomic mass is 9.96. The first kappa shape index (κ1) is 12.7. The van der Waals surface area contributed by atoms with E-state index < -0.39 is 0 Å². The van der Waals surface area contributed by atoms with Gasteiger partial charge in [0.1, 0.15) is 6.29 Å². The molecule has 0 radical (unpaired) electrons. The van der Waals surface area contributed by atoms with Gasteiger partial charge < -0.3 is 4.79 Å². The molecule has 0 N–H and O–H groups in total. The molecule has 0 aliphatic carbocycles. The third-order valence-corrected chi connectivity index (χ3v) is 2.73. The van der Waals surface area contributed by atoms with Crippen LogP contribution in [0.3, 0.4) is 0 Å². The van der Waals surface area contributed by atoms with Crippen LogP contribution in [0.4, 0.5) is 0 Å². The molecule has 0 saturated carbocycles. The molecule has 86 valence electrons. The maximum Gasteiger partial charge on any atom is 0.127 e. The van der Waals surface area contributed by atoms with Gasteiger partial charge in [0.2, 0.25) is 0 Å². The minimum atomic E-state index is 0.0655.